The Morgan fingerprint density at radius 2 is 2.00 bits per heavy atom. The second-order valence-corrected chi connectivity index (χ2v) is 3.39. The zero-order valence-corrected chi connectivity index (χ0v) is 8.96. The third-order valence-corrected chi connectivity index (χ3v) is 2.23. The van der Waals surface area contributed by atoms with Crippen LogP contribution in [0.25, 0.3) is 6.08 Å². The fraction of sp³-hybridized carbons (Fsp3) is 0. The predicted molar refractivity (Wildman–Crippen MR) is 57.2 cm³/mol. The van der Waals surface area contributed by atoms with Gasteiger partial charge in [0.05, 0.1) is 0 Å². The lowest BCUT2D eigenvalue weighted by molar-refractivity contribution is 1.61. The van der Waals surface area contributed by atoms with Crippen LogP contribution >= 0.6 is 38.5 Å². The van der Waals surface area contributed by atoms with Gasteiger partial charge in [0.15, 0.2) is 0 Å². The fourth-order valence-electron chi connectivity index (χ4n) is 0.678. The minimum absolute atomic E-state index is 1.14. The first-order valence-electron chi connectivity index (χ1n) is 2.86. The van der Waals surface area contributed by atoms with Crippen LogP contribution < -0.4 is 0 Å². The van der Waals surface area contributed by atoms with Crippen molar-refractivity contribution in [3.8, 4) is 0 Å². The van der Waals surface area contributed by atoms with Gasteiger partial charge in [0.1, 0.15) is 0 Å². The molecule has 0 bridgehead atoms. The molecule has 0 N–H and O–H groups in total. The Labute approximate surface area is 82.6 Å². The van der Waals surface area contributed by atoms with Crippen molar-refractivity contribution >= 4 is 44.6 Å². The molecule has 0 saturated carbocycles. The summed E-state index contributed by atoms with van der Waals surface area (Å²) in [5.74, 6) is 0. The third kappa shape index (κ3) is 2.09. The van der Waals surface area contributed by atoms with Crippen LogP contribution in [0.2, 0.25) is 0 Å². The first-order valence-corrected chi connectivity index (χ1v) is 4.90. The molecule has 0 amide bonds. The Morgan fingerprint density at radius 3 is 2.60 bits per heavy atom. The molecular weight excluding hydrogens is 303 g/mol. The van der Waals surface area contributed by atoms with Crippen LogP contribution in [0.3, 0.4) is 0 Å². The van der Waals surface area contributed by atoms with Crippen LogP contribution in [-0.4, -0.2) is 0 Å². The van der Waals surface area contributed by atoms with Gasteiger partial charge in [0.25, 0.3) is 0 Å². The summed E-state index contributed by atoms with van der Waals surface area (Å²) in [6.45, 7) is 0. The molecule has 10 heavy (non-hydrogen) atoms. The molecule has 2 heteroatoms. The fourth-order valence-corrected chi connectivity index (χ4v) is 1.48. The molecule has 0 radical (unpaired) electrons. The van der Waals surface area contributed by atoms with Crippen molar-refractivity contribution in [2.75, 3.05) is 0 Å². The van der Waals surface area contributed by atoms with E-state index in [1.807, 2.05) is 22.3 Å². The second kappa shape index (κ2) is 4.13. The van der Waals surface area contributed by atoms with E-state index in [0.29, 0.717) is 0 Å². The summed E-state index contributed by atoms with van der Waals surface area (Å²) in [7, 11) is 0. The van der Waals surface area contributed by atoms with Crippen molar-refractivity contribution in [3.05, 3.63) is 38.4 Å². The molecule has 0 unspecified atom stereocenters. The molecule has 0 saturated heterocycles. The Balaban J connectivity index is 3.03. The first-order chi connectivity index (χ1) is 4.84. The lowest BCUT2D eigenvalue weighted by Crippen LogP contribution is -1.70. The van der Waals surface area contributed by atoms with E-state index in [0.717, 1.165) is 4.47 Å². The molecule has 0 aliphatic heterocycles. The van der Waals surface area contributed by atoms with Crippen molar-refractivity contribution in [1.82, 2.24) is 0 Å². The van der Waals surface area contributed by atoms with Crippen LogP contribution in [0.5, 0.6) is 0 Å². The van der Waals surface area contributed by atoms with E-state index in [2.05, 4.69) is 50.7 Å². The Kier molecular flexibility index (Phi) is 3.42. The zero-order valence-electron chi connectivity index (χ0n) is 5.22. The molecule has 0 heterocycles. The molecule has 0 spiro atoms. The summed E-state index contributed by atoms with van der Waals surface area (Å²) >= 11 is 5.65. The quantitative estimate of drug-likeness (QED) is 0.691. The highest BCUT2D eigenvalue weighted by Crippen LogP contribution is 2.17. The lowest BCUT2D eigenvalue weighted by Gasteiger charge is -1.94. The topological polar surface area (TPSA) is 0 Å². The van der Waals surface area contributed by atoms with Crippen LogP contribution in [0.4, 0.5) is 0 Å². The molecule has 0 nitrogen and oxygen atoms in total. The summed E-state index contributed by atoms with van der Waals surface area (Å²) in [4.78, 5) is 0. The number of halogens is 2. The minimum atomic E-state index is 1.14. The number of hydrogen-bond acceptors (Lipinski definition) is 0. The normalized spacial score (nSPS) is 10.6. The van der Waals surface area contributed by atoms with Crippen LogP contribution in [-0.2, 0) is 0 Å². The monoisotopic (exact) mass is 308 g/mol. The van der Waals surface area contributed by atoms with E-state index in [4.69, 9.17) is 0 Å². The lowest BCUT2D eigenvalue weighted by atomic mass is 10.2. The van der Waals surface area contributed by atoms with E-state index in [1.165, 1.54) is 5.56 Å². The molecule has 0 atom stereocenters. The van der Waals surface area contributed by atoms with Crippen LogP contribution in [0.1, 0.15) is 5.56 Å². The van der Waals surface area contributed by atoms with Gasteiger partial charge in [-0.25, -0.2) is 0 Å². The predicted octanol–water partition coefficient (Wildman–Crippen LogP) is 3.85. The zero-order chi connectivity index (χ0) is 7.40. The molecule has 1 rings (SSSR count). The van der Waals surface area contributed by atoms with Gasteiger partial charge in [0, 0.05) is 4.47 Å². The van der Waals surface area contributed by atoms with Gasteiger partial charge < -0.3 is 0 Å². The highest BCUT2D eigenvalue weighted by molar-refractivity contribution is 14.1. The van der Waals surface area contributed by atoms with E-state index in [1.54, 1.807) is 0 Å². The standard InChI is InChI=1S/C8H6BrI/c9-8-4-2-1-3-7(8)5-6-10/h1-6H/b6-5+. The van der Waals surface area contributed by atoms with Gasteiger partial charge in [-0.15, -0.1) is 0 Å². The number of benzene rings is 1. The Bertz CT molecular complexity index is 243. The molecule has 0 aliphatic carbocycles. The molecule has 1 aromatic carbocycles. The third-order valence-electron chi connectivity index (χ3n) is 1.15. The van der Waals surface area contributed by atoms with Crippen molar-refractivity contribution in [1.29, 1.82) is 0 Å². The van der Waals surface area contributed by atoms with Crippen LogP contribution in [0, 0.1) is 0 Å². The van der Waals surface area contributed by atoms with Gasteiger partial charge in [-0.3, -0.25) is 0 Å². The molecule has 0 aliphatic rings. The summed E-state index contributed by atoms with van der Waals surface area (Å²) < 4.78 is 3.14. The van der Waals surface area contributed by atoms with Crippen LogP contribution in [0.15, 0.2) is 32.8 Å². The summed E-state index contributed by atoms with van der Waals surface area (Å²) in [6, 6.07) is 8.14. The van der Waals surface area contributed by atoms with Gasteiger partial charge in [-0.1, -0.05) is 56.7 Å². The highest BCUT2D eigenvalue weighted by atomic mass is 127. The van der Waals surface area contributed by atoms with Gasteiger partial charge >= 0.3 is 0 Å². The summed E-state index contributed by atoms with van der Waals surface area (Å²) in [6.07, 6.45) is 2.06. The van der Waals surface area contributed by atoms with Crippen molar-refractivity contribution in [3.63, 3.8) is 0 Å². The maximum absolute atomic E-state index is 3.44. The van der Waals surface area contributed by atoms with Crippen molar-refractivity contribution < 1.29 is 0 Å². The SMILES string of the molecule is Brc1ccccc1/C=C/I. The average Bonchev–Trinajstić information content (AvgIpc) is 1.94. The molecule has 0 aromatic heterocycles. The number of rotatable bonds is 1. The second-order valence-electron chi connectivity index (χ2n) is 1.81. The van der Waals surface area contributed by atoms with E-state index in [9.17, 15) is 0 Å². The Hall–Kier alpha value is 0.170. The average molecular weight is 309 g/mol. The van der Waals surface area contributed by atoms with Crippen molar-refractivity contribution in [2.24, 2.45) is 0 Å². The highest BCUT2D eigenvalue weighted by Gasteiger charge is 1.90. The van der Waals surface area contributed by atoms with Gasteiger partial charge in [-0.2, -0.15) is 0 Å². The number of hydrogen-bond donors (Lipinski definition) is 0. The van der Waals surface area contributed by atoms with Gasteiger partial charge in [0.2, 0.25) is 0 Å². The minimum Gasteiger partial charge on any atom is -0.0616 e. The molecular formula is C8H6BrI. The Morgan fingerprint density at radius 1 is 1.30 bits per heavy atom. The summed E-state index contributed by atoms with van der Waals surface area (Å²) in [5, 5.41) is 0. The van der Waals surface area contributed by atoms with Gasteiger partial charge in [-0.05, 0) is 21.8 Å². The smallest absolute Gasteiger partial charge is 0.0247 e. The summed E-state index contributed by atoms with van der Waals surface area (Å²) in [5.41, 5.74) is 1.22. The first kappa shape index (κ1) is 8.27. The maximum Gasteiger partial charge on any atom is 0.0247 e. The van der Waals surface area contributed by atoms with E-state index >= 15 is 0 Å². The van der Waals surface area contributed by atoms with E-state index in [-0.39, 0.29) is 0 Å². The molecule has 0 fully saturated rings. The molecule has 52 valence electrons. The van der Waals surface area contributed by atoms with E-state index < -0.39 is 0 Å². The largest absolute Gasteiger partial charge is 0.0616 e. The van der Waals surface area contributed by atoms with Crippen molar-refractivity contribution in [2.45, 2.75) is 0 Å². The maximum atomic E-state index is 3.44. The molecule has 1 aromatic rings.